The first-order valence-corrected chi connectivity index (χ1v) is 7.69. The number of nitrogens with zero attached hydrogens (tertiary/aromatic N) is 5. The minimum atomic E-state index is -0.439. The number of phenolic OH excluding ortho intramolecular Hbond substituents is 1. The van der Waals surface area contributed by atoms with E-state index >= 15 is 0 Å². The van der Waals surface area contributed by atoms with Crippen LogP contribution in [0.25, 0.3) is 11.4 Å². The SMILES string of the molecule is O=[N+]([O-])c1ccc2c(c1)C=Nn1c(nnc1-c1ccc(O)cc1)S2. The van der Waals surface area contributed by atoms with Crippen molar-refractivity contribution in [3.63, 3.8) is 0 Å². The number of fused-ring (bicyclic) bond motifs is 2. The fraction of sp³-hybridized carbons (Fsp3) is 0. The molecule has 3 aromatic rings. The summed E-state index contributed by atoms with van der Waals surface area (Å²) in [7, 11) is 0. The summed E-state index contributed by atoms with van der Waals surface area (Å²) in [6.07, 6.45) is 1.55. The van der Waals surface area contributed by atoms with Gasteiger partial charge in [-0.2, -0.15) is 9.78 Å². The summed E-state index contributed by atoms with van der Waals surface area (Å²) in [5.74, 6) is 0.683. The van der Waals surface area contributed by atoms with E-state index in [1.165, 1.54) is 23.9 Å². The minimum Gasteiger partial charge on any atom is -0.508 e. The van der Waals surface area contributed by atoms with Crippen molar-refractivity contribution in [3.05, 3.63) is 58.1 Å². The van der Waals surface area contributed by atoms with E-state index in [1.54, 1.807) is 41.2 Å². The number of nitro groups is 1. The van der Waals surface area contributed by atoms with Crippen molar-refractivity contribution in [2.24, 2.45) is 5.10 Å². The summed E-state index contributed by atoms with van der Waals surface area (Å²) in [4.78, 5) is 11.3. The number of benzene rings is 2. The molecule has 0 amide bonds. The van der Waals surface area contributed by atoms with E-state index in [-0.39, 0.29) is 11.4 Å². The first-order chi connectivity index (χ1) is 11.6. The average molecular weight is 339 g/mol. The first kappa shape index (κ1) is 14.4. The molecular formula is C15H9N5O3S. The molecule has 0 bridgehead atoms. The van der Waals surface area contributed by atoms with Crippen LogP contribution in [0.2, 0.25) is 0 Å². The van der Waals surface area contributed by atoms with Crippen LogP contribution >= 0.6 is 11.8 Å². The Morgan fingerprint density at radius 3 is 2.67 bits per heavy atom. The smallest absolute Gasteiger partial charge is 0.270 e. The van der Waals surface area contributed by atoms with Crippen molar-refractivity contribution < 1.29 is 10.0 Å². The first-order valence-electron chi connectivity index (χ1n) is 6.87. The number of phenols is 1. The van der Waals surface area contributed by atoms with Gasteiger partial charge in [0.2, 0.25) is 5.16 Å². The van der Waals surface area contributed by atoms with Crippen LogP contribution in [0.5, 0.6) is 5.75 Å². The van der Waals surface area contributed by atoms with Crippen LogP contribution in [0.15, 0.2) is 57.6 Å². The van der Waals surface area contributed by atoms with Crippen molar-refractivity contribution in [2.45, 2.75) is 10.1 Å². The predicted octanol–water partition coefficient (Wildman–Crippen LogP) is 2.91. The molecule has 2 aromatic carbocycles. The second-order valence-corrected chi connectivity index (χ2v) is 6.00. The molecule has 1 aliphatic heterocycles. The second kappa shape index (κ2) is 5.46. The van der Waals surface area contributed by atoms with Crippen LogP contribution < -0.4 is 0 Å². The second-order valence-electron chi connectivity index (χ2n) is 4.99. The minimum absolute atomic E-state index is 0.0113. The van der Waals surface area contributed by atoms with Gasteiger partial charge in [-0.15, -0.1) is 10.2 Å². The van der Waals surface area contributed by atoms with Gasteiger partial charge in [-0.25, -0.2) is 0 Å². The summed E-state index contributed by atoms with van der Waals surface area (Å²) in [6.45, 7) is 0. The highest BCUT2D eigenvalue weighted by molar-refractivity contribution is 7.99. The van der Waals surface area contributed by atoms with Crippen LogP contribution in [0.3, 0.4) is 0 Å². The van der Waals surface area contributed by atoms with Gasteiger partial charge in [0.05, 0.1) is 11.1 Å². The highest BCUT2D eigenvalue weighted by Crippen LogP contribution is 2.35. The molecule has 0 aliphatic carbocycles. The zero-order chi connectivity index (χ0) is 16.7. The molecule has 2 heterocycles. The molecular weight excluding hydrogens is 330 g/mol. The molecule has 1 aliphatic rings. The lowest BCUT2D eigenvalue weighted by atomic mass is 10.2. The molecule has 0 fully saturated rings. The van der Waals surface area contributed by atoms with Gasteiger partial charge in [-0.1, -0.05) is 0 Å². The topological polar surface area (TPSA) is 106 Å². The average Bonchev–Trinajstić information content (AvgIpc) is 2.88. The molecule has 0 saturated heterocycles. The Balaban J connectivity index is 1.79. The fourth-order valence-corrected chi connectivity index (χ4v) is 3.15. The number of nitro benzene ring substituents is 1. The number of aromatic nitrogens is 3. The molecule has 0 atom stereocenters. The van der Waals surface area contributed by atoms with Crippen LogP contribution in [-0.4, -0.2) is 31.1 Å². The van der Waals surface area contributed by atoms with Gasteiger partial charge in [-0.05, 0) is 42.1 Å². The summed E-state index contributed by atoms with van der Waals surface area (Å²) < 4.78 is 1.57. The third-order valence-electron chi connectivity index (χ3n) is 3.46. The van der Waals surface area contributed by atoms with Gasteiger partial charge >= 0.3 is 0 Å². The van der Waals surface area contributed by atoms with E-state index in [0.29, 0.717) is 16.5 Å². The molecule has 0 spiro atoms. The van der Waals surface area contributed by atoms with Gasteiger partial charge in [0.25, 0.3) is 5.69 Å². The summed E-state index contributed by atoms with van der Waals surface area (Å²) >= 11 is 1.33. The Morgan fingerprint density at radius 1 is 1.12 bits per heavy atom. The van der Waals surface area contributed by atoms with Gasteiger partial charge < -0.3 is 5.11 Å². The van der Waals surface area contributed by atoms with E-state index in [4.69, 9.17) is 0 Å². The number of aromatic hydroxyl groups is 1. The van der Waals surface area contributed by atoms with Crippen LogP contribution in [-0.2, 0) is 0 Å². The van der Waals surface area contributed by atoms with Crippen molar-refractivity contribution in [2.75, 3.05) is 0 Å². The summed E-state index contributed by atoms with van der Waals surface area (Å²) in [6, 6.07) is 11.2. The maximum atomic E-state index is 10.9. The Morgan fingerprint density at radius 2 is 1.92 bits per heavy atom. The van der Waals surface area contributed by atoms with Crippen molar-refractivity contribution in [3.8, 4) is 17.1 Å². The lowest BCUT2D eigenvalue weighted by Crippen LogP contribution is -1.94. The van der Waals surface area contributed by atoms with E-state index in [9.17, 15) is 15.2 Å². The number of hydrogen-bond acceptors (Lipinski definition) is 7. The molecule has 8 nitrogen and oxygen atoms in total. The zero-order valence-corrected chi connectivity index (χ0v) is 12.8. The largest absolute Gasteiger partial charge is 0.508 e. The van der Waals surface area contributed by atoms with Crippen LogP contribution in [0, 0.1) is 10.1 Å². The molecule has 0 unspecified atom stereocenters. The van der Waals surface area contributed by atoms with Crippen LogP contribution in [0.1, 0.15) is 5.56 Å². The van der Waals surface area contributed by atoms with Gasteiger partial charge in [0, 0.05) is 28.2 Å². The lowest BCUT2D eigenvalue weighted by Gasteiger charge is -2.02. The highest BCUT2D eigenvalue weighted by Gasteiger charge is 2.20. The molecule has 24 heavy (non-hydrogen) atoms. The predicted molar refractivity (Wildman–Crippen MR) is 87.3 cm³/mol. The van der Waals surface area contributed by atoms with Crippen molar-refractivity contribution in [1.29, 1.82) is 0 Å². The van der Waals surface area contributed by atoms with Gasteiger partial charge in [-0.3, -0.25) is 10.1 Å². The zero-order valence-electron chi connectivity index (χ0n) is 12.0. The summed E-state index contributed by atoms with van der Waals surface area (Å²) in [5.41, 5.74) is 1.41. The molecule has 0 radical (unpaired) electrons. The van der Waals surface area contributed by atoms with Gasteiger partial charge in [0.1, 0.15) is 5.75 Å². The molecule has 1 N–H and O–H groups in total. The van der Waals surface area contributed by atoms with E-state index in [1.807, 2.05) is 0 Å². The Kier molecular flexibility index (Phi) is 3.28. The van der Waals surface area contributed by atoms with E-state index < -0.39 is 4.92 Å². The molecule has 1 aromatic heterocycles. The monoisotopic (exact) mass is 339 g/mol. The Bertz CT molecular complexity index is 981. The lowest BCUT2D eigenvalue weighted by molar-refractivity contribution is -0.384. The maximum absolute atomic E-state index is 10.9. The van der Waals surface area contributed by atoms with Crippen molar-refractivity contribution >= 4 is 23.7 Å². The normalized spacial score (nSPS) is 12.3. The maximum Gasteiger partial charge on any atom is 0.270 e. The molecule has 9 heteroatoms. The highest BCUT2D eigenvalue weighted by atomic mass is 32.2. The third-order valence-corrected chi connectivity index (χ3v) is 4.48. The van der Waals surface area contributed by atoms with Crippen LogP contribution in [0.4, 0.5) is 5.69 Å². The number of hydrogen-bond donors (Lipinski definition) is 1. The molecule has 118 valence electrons. The van der Waals surface area contributed by atoms with Crippen molar-refractivity contribution in [1.82, 2.24) is 14.9 Å². The quantitative estimate of drug-likeness (QED) is 0.444. The molecule has 4 rings (SSSR count). The van der Waals surface area contributed by atoms with E-state index in [2.05, 4.69) is 15.3 Å². The Labute approximate surface area is 139 Å². The Hall–Kier alpha value is -3.20. The fourth-order valence-electron chi connectivity index (χ4n) is 2.29. The number of non-ortho nitro benzene ring substituents is 1. The van der Waals surface area contributed by atoms with Gasteiger partial charge in [0.15, 0.2) is 5.82 Å². The molecule has 0 saturated carbocycles. The summed E-state index contributed by atoms with van der Waals surface area (Å²) in [5, 5.41) is 33.5. The number of rotatable bonds is 2. The standard InChI is InChI=1S/C15H9N5O3S/c21-12-4-1-9(2-5-12)14-17-18-15-19(14)16-8-10-7-11(20(22)23)3-6-13(10)24-15/h1-8,21H. The van der Waals surface area contributed by atoms with E-state index in [0.717, 1.165) is 10.5 Å². The third kappa shape index (κ3) is 2.40.